The van der Waals surface area contributed by atoms with Crippen LogP contribution in [0.2, 0.25) is 0 Å². The summed E-state index contributed by atoms with van der Waals surface area (Å²) in [5.74, 6) is -1.46. The Bertz CT molecular complexity index is 1620. The zero-order chi connectivity index (χ0) is 27.3. The van der Waals surface area contributed by atoms with Crippen LogP contribution < -0.4 is 19.8 Å². The Morgan fingerprint density at radius 2 is 1.74 bits per heavy atom. The minimum absolute atomic E-state index is 0.190. The number of carbonyl (C=O) groups excluding carboxylic acids is 3. The Morgan fingerprint density at radius 1 is 1.00 bits per heavy atom. The number of methoxy groups -OCH3 is 1. The highest BCUT2D eigenvalue weighted by Gasteiger charge is 2.57. The highest BCUT2D eigenvalue weighted by atomic mass is 32.2. The quantitative estimate of drug-likeness (QED) is 0.333. The van der Waals surface area contributed by atoms with Crippen molar-refractivity contribution in [2.75, 3.05) is 17.3 Å². The summed E-state index contributed by atoms with van der Waals surface area (Å²) in [6.07, 6.45) is 0. The maximum absolute atomic E-state index is 13.8. The van der Waals surface area contributed by atoms with Crippen molar-refractivity contribution in [2.24, 2.45) is 5.92 Å². The summed E-state index contributed by atoms with van der Waals surface area (Å²) < 4.78 is 6.65. The number of thiazole rings is 1. The minimum atomic E-state index is -0.723. The molecule has 2 aromatic carbocycles. The summed E-state index contributed by atoms with van der Waals surface area (Å²) in [4.78, 5) is 56.3. The molecule has 2 aromatic heterocycles. The maximum Gasteiger partial charge on any atom is 0.308 e. The summed E-state index contributed by atoms with van der Waals surface area (Å²) >= 11 is 3.74. The first-order valence-corrected chi connectivity index (χ1v) is 14.7. The van der Waals surface area contributed by atoms with E-state index in [0.29, 0.717) is 22.2 Å². The van der Waals surface area contributed by atoms with Crippen molar-refractivity contribution in [2.45, 2.75) is 29.7 Å². The van der Waals surface area contributed by atoms with Crippen LogP contribution in [0.4, 0.5) is 11.4 Å². The van der Waals surface area contributed by atoms with E-state index in [9.17, 15) is 19.2 Å². The third-order valence-electron chi connectivity index (χ3n) is 6.87. The fourth-order valence-electron chi connectivity index (χ4n) is 5.00. The first-order chi connectivity index (χ1) is 18.9. The van der Waals surface area contributed by atoms with Gasteiger partial charge in [0, 0.05) is 21.4 Å². The van der Waals surface area contributed by atoms with Crippen LogP contribution in [0.15, 0.2) is 75.9 Å². The second-order valence-corrected chi connectivity index (χ2v) is 12.4. The number of rotatable bonds is 6. The van der Waals surface area contributed by atoms with Crippen LogP contribution in [0.25, 0.3) is 0 Å². The van der Waals surface area contributed by atoms with Gasteiger partial charge in [0.1, 0.15) is 17.5 Å². The predicted octanol–water partition coefficient (Wildman–Crippen LogP) is 4.72. The number of imide groups is 1. The van der Waals surface area contributed by atoms with E-state index in [0.717, 1.165) is 26.7 Å². The lowest BCUT2D eigenvalue weighted by Crippen LogP contribution is -2.32. The van der Waals surface area contributed by atoms with Crippen LogP contribution in [-0.2, 0) is 20.9 Å². The molecule has 0 radical (unpaired) electrons. The predicted molar refractivity (Wildman–Crippen MR) is 153 cm³/mol. The molecular weight excluding hydrogens is 555 g/mol. The summed E-state index contributed by atoms with van der Waals surface area (Å²) in [7, 11) is 1.55. The van der Waals surface area contributed by atoms with Crippen LogP contribution in [0, 0.1) is 12.8 Å². The highest BCUT2D eigenvalue weighted by molar-refractivity contribution is 8.00. The number of ether oxygens (including phenoxy) is 1. The number of fused-ring (bicyclic) bond motifs is 2. The molecule has 2 aliphatic rings. The number of hydrogen-bond acceptors (Lipinski definition) is 8. The molecule has 6 rings (SSSR count). The molecule has 3 amide bonds. The second kappa shape index (κ2) is 10.1. The lowest BCUT2D eigenvalue weighted by molar-refractivity contribution is -0.122. The van der Waals surface area contributed by atoms with E-state index in [-0.39, 0.29) is 29.1 Å². The summed E-state index contributed by atoms with van der Waals surface area (Å²) in [6, 6.07) is 18.0. The molecule has 2 unspecified atom stereocenters. The van der Waals surface area contributed by atoms with Gasteiger partial charge < -0.3 is 10.1 Å². The van der Waals surface area contributed by atoms with Crippen molar-refractivity contribution < 1.29 is 19.1 Å². The molecule has 4 aromatic rings. The number of nitrogens with zero attached hydrogens (tertiary/aromatic N) is 2. The molecular formula is C28H23N3O5S3. The van der Waals surface area contributed by atoms with Gasteiger partial charge in [0.2, 0.25) is 17.7 Å². The first kappa shape index (κ1) is 25.6. The monoisotopic (exact) mass is 577 g/mol. The van der Waals surface area contributed by atoms with Crippen LogP contribution >= 0.6 is 34.4 Å². The van der Waals surface area contributed by atoms with E-state index in [2.05, 4.69) is 5.32 Å². The second-order valence-electron chi connectivity index (χ2n) is 9.30. The van der Waals surface area contributed by atoms with Crippen molar-refractivity contribution in [1.29, 1.82) is 0 Å². The highest BCUT2D eigenvalue weighted by Crippen LogP contribution is 2.54. The number of anilines is 2. The SMILES string of the molecule is COc1ccc(N2C(=O)C3Sc4c(sc(=O)n4CC(=O)Nc4ccc(C)cc4)[C@H](c4cccs4)C3C2=O)cc1. The molecule has 8 nitrogen and oxygen atoms in total. The van der Waals surface area contributed by atoms with E-state index in [1.807, 2.05) is 48.7 Å². The van der Waals surface area contributed by atoms with Crippen LogP contribution in [0.3, 0.4) is 0 Å². The number of thiophene rings is 1. The maximum atomic E-state index is 13.8. The van der Waals surface area contributed by atoms with Crippen LogP contribution in [0.1, 0.15) is 21.2 Å². The Kier molecular flexibility index (Phi) is 6.66. The number of carbonyl (C=O) groups is 3. The number of thioether (sulfide) groups is 1. The fraction of sp³-hybridized carbons (Fsp3) is 0.214. The van der Waals surface area contributed by atoms with E-state index in [1.165, 1.54) is 32.6 Å². The molecule has 1 saturated heterocycles. The number of nitrogens with one attached hydrogen (secondary N) is 1. The van der Waals surface area contributed by atoms with Gasteiger partial charge in [-0.2, -0.15) is 0 Å². The first-order valence-electron chi connectivity index (χ1n) is 12.2. The summed E-state index contributed by atoms with van der Waals surface area (Å²) in [5, 5.41) is 4.61. The normalized spacial score (nSPS) is 20.1. The van der Waals surface area contributed by atoms with E-state index in [1.54, 1.807) is 31.4 Å². The van der Waals surface area contributed by atoms with E-state index in [4.69, 9.17) is 4.74 Å². The smallest absolute Gasteiger partial charge is 0.308 e. The number of aromatic nitrogens is 1. The van der Waals surface area contributed by atoms with Gasteiger partial charge in [0.25, 0.3) is 0 Å². The van der Waals surface area contributed by atoms with Gasteiger partial charge in [-0.25, -0.2) is 4.90 Å². The molecule has 2 aliphatic heterocycles. The fourth-order valence-corrected chi connectivity index (χ4v) is 8.72. The van der Waals surface area contributed by atoms with Crippen molar-refractivity contribution in [1.82, 2.24) is 4.57 Å². The zero-order valence-electron chi connectivity index (χ0n) is 21.0. The van der Waals surface area contributed by atoms with Crippen molar-refractivity contribution in [3.05, 3.63) is 91.0 Å². The van der Waals surface area contributed by atoms with Crippen molar-refractivity contribution >= 4 is 63.5 Å². The van der Waals surface area contributed by atoms with Crippen molar-refractivity contribution in [3.63, 3.8) is 0 Å². The minimum Gasteiger partial charge on any atom is -0.497 e. The number of aryl methyl sites for hydroxylation is 1. The Morgan fingerprint density at radius 3 is 2.41 bits per heavy atom. The topological polar surface area (TPSA) is 97.7 Å². The molecule has 0 saturated carbocycles. The summed E-state index contributed by atoms with van der Waals surface area (Å²) in [5.41, 5.74) is 2.18. The molecule has 0 aliphatic carbocycles. The van der Waals surface area contributed by atoms with Crippen LogP contribution in [0.5, 0.6) is 5.75 Å². The summed E-state index contributed by atoms with van der Waals surface area (Å²) in [6.45, 7) is 1.77. The molecule has 1 fully saturated rings. The average molecular weight is 578 g/mol. The van der Waals surface area contributed by atoms with Gasteiger partial charge in [0.15, 0.2) is 0 Å². The standard InChI is InChI=1S/C28H23N3O5S3/c1-15-5-7-16(8-6-15)29-20(32)14-30-27-24(39-28(30)35)21(19-4-3-13-37-19)22-23(38-27)26(34)31(25(22)33)17-9-11-18(36-2)12-10-17/h3-13,21-23H,14H2,1-2H3,(H,29,32)/t21-,22?,23?/m1/s1. The van der Waals surface area contributed by atoms with Gasteiger partial charge >= 0.3 is 4.87 Å². The van der Waals surface area contributed by atoms with Crippen molar-refractivity contribution in [3.8, 4) is 5.75 Å². The zero-order valence-corrected chi connectivity index (χ0v) is 23.4. The van der Waals surface area contributed by atoms with Crippen LogP contribution in [-0.4, -0.2) is 34.6 Å². The molecule has 0 bridgehead atoms. The van der Waals surface area contributed by atoms with Gasteiger partial charge in [0.05, 0.1) is 23.7 Å². The lowest BCUT2D eigenvalue weighted by atomic mass is 9.87. The Hall–Kier alpha value is -3.67. The van der Waals surface area contributed by atoms with Gasteiger partial charge in [-0.3, -0.25) is 23.7 Å². The average Bonchev–Trinajstić information content (AvgIpc) is 3.63. The number of hydrogen-bond donors (Lipinski definition) is 1. The van der Waals surface area contributed by atoms with Gasteiger partial charge in [-0.1, -0.05) is 46.9 Å². The van der Waals surface area contributed by atoms with E-state index >= 15 is 0 Å². The largest absolute Gasteiger partial charge is 0.497 e. The van der Waals surface area contributed by atoms with Gasteiger partial charge in [-0.15, -0.1) is 11.3 Å². The number of benzene rings is 2. The molecule has 11 heteroatoms. The molecule has 198 valence electrons. The molecule has 39 heavy (non-hydrogen) atoms. The molecule has 0 spiro atoms. The third kappa shape index (κ3) is 4.50. The third-order valence-corrected chi connectivity index (χ3v) is 10.4. The molecule has 1 N–H and O–H groups in total. The molecule has 3 atom stereocenters. The van der Waals surface area contributed by atoms with Gasteiger partial charge in [-0.05, 0) is 54.8 Å². The Labute approximate surface area is 236 Å². The van der Waals surface area contributed by atoms with E-state index < -0.39 is 17.1 Å². The Balaban J connectivity index is 1.36. The molecule has 4 heterocycles. The number of amides is 3. The lowest BCUT2D eigenvalue weighted by Gasteiger charge is -2.29.